The number of alkyl halides is 1. The van der Waals surface area contributed by atoms with E-state index in [2.05, 4.69) is 10.2 Å². The third-order valence-electron chi connectivity index (χ3n) is 4.15. The summed E-state index contributed by atoms with van der Waals surface area (Å²) in [6.45, 7) is 4.90. The number of nitrogens with zero attached hydrogens (tertiary/aromatic N) is 2. The zero-order valence-electron chi connectivity index (χ0n) is 11.9. The molecule has 20 heavy (non-hydrogen) atoms. The highest BCUT2D eigenvalue weighted by molar-refractivity contribution is 5.94. The molecule has 0 radical (unpaired) electrons. The van der Waals surface area contributed by atoms with E-state index in [1.165, 1.54) is 0 Å². The first-order valence-corrected chi connectivity index (χ1v) is 7.22. The number of carbonyl (C=O) groups excluding carboxylic acids is 1. The maximum Gasteiger partial charge on any atom is 0.274 e. The fourth-order valence-electron chi connectivity index (χ4n) is 3.05. The van der Waals surface area contributed by atoms with Gasteiger partial charge >= 0.3 is 0 Å². The number of carbonyl (C=O) groups is 1. The summed E-state index contributed by atoms with van der Waals surface area (Å²) in [4.78, 5) is 14.2. The number of fused-ring (bicyclic) bond motifs is 1. The predicted octanol–water partition coefficient (Wildman–Crippen LogP) is 2.01. The molecule has 1 fully saturated rings. The second kappa shape index (κ2) is 5.16. The minimum Gasteiger partial charge on any atom is -0.369 e. The Bertz CT molecular complexity index is 509. The van der Waals surface area contributed by atoms with Gasteiger partial charge in [0, 0.05) is 25.1 Å². The third-order valence-corrected chi connectivity index (χ3v) is 4.15. The monoisotopic (exact) mass is 281 g/mol. The van der Waals surface area contributed by atoms with Crippen LogP contribution in [0.25, 0.3) is 0 Å². The fraction of sp³-hybridized carbons (Fsp3) is 0.714. The van der Waals surface area contributed by atoms with Crippen LogP contribution in [-0.2, 0) is 11.2 Å². The van der Waals surface area contributed by atoms with Crippen LogP contribution in [-0.4, -0.2) is 46.4 Å². The molecule has 1 aromatic rings. The highest BCUT2D eigenvalue weighted by Gasteiger charge is 2.32. The SMILES string of the molecule is C[C@@H]1Cc2c(C(=O)N3CCC(F)CC3)n[nH]c2[C@H](C)O1. The molecular weight excluding hydrogens is 261 g/mol. The minimum atomic E-state index is -0.777. The highest BCUT2D eigenvalue weighted by atomic mass is 19.1. The molecule has 5 nitrogen and oxygen atoms in total. The number of H-pyrrole nitrogens is 1. The van der Waals surface area contributed by atoms with Crippen LogP contribution in [0.1, 0.15) is 54.5 Å². The number of ether oxygens (including phenoxy) is 1. The van der Waals surface area contributed by atoms with Crippen molar-refractivity contribution in [1.82, 2.24) is 15.1 Å². The topological polar surface area (TPSA) is 58.2 Å². The second-order valence-electron chi connectivity index (χ2n) is 5.72. The summed E-state index contributed by atoms with van der Waals surface area (Å²) < 4.78 is 18.9. The summed E-state index contributed by atoms with van der Waals surface area (Å²) in [5.41, 5.74) is 2.34. The largest absolute Gasteiger partial charge is 0.369 e. The number of aromatic nitrogens is 2. The van der Waals surface area contributed by atoms with Gasteiger partial charge in [-0.3, -0.25) is 9.89 Å². The number of amides is 1. The summed E-state index contributed by atoms with van der Waals surface area (Å²) >= 11 is 0. The molecule has 0 unspecified atom stereocenters. The van der Waals surface area contributed by atoms with Gasteiger partial charge in [0.2, 0.25) is 0 Å². The average Bonchev–Trinajstić information content (AvgIpc) is 2.82. The van der Waals surface area contributed by atoms with E-state index in [1.807, 2.05) is 13.8 Å². The first-order chi connectivity index (χ1) is 9.56. The molecule has 0 saturated carbocycles. The van der Waals surface area contributed by atoms with Crippen LogP contribution in [0.3, 0.4) is 0 Å². The van der Waals surface area contributed by atoms with Crippen LogP contribution in [0.2, 0.25) is 0 Å². The quantitative estimate of drug-likeness (QED) is 0.856. The number of rotatable bonds is 1. The van der Waals surface area contributed by atoms with Gasteiger partial charge in [-0.2, -0.15) is 5.10 Å². The standard InChI is InChI=1S/C14H20FN3O2/c1-8-7-11-12(9(2)20-8)16-17-13(11)14(19)18-5-3-10(15)4-6-18/h8-10H,3-7H2,1-2H3,(H,16,17)/t8-,9+/m1/s1. The van der Waals surface area contributed by atoms with E-state index >= 15 is 0 Å². The molecule has 2 aliphatic heterocycles. The summed E-state index contributed by atoms with van der Waals surface area (Å²) in [5.74, 6) is -0.0873. The number of nitrogens with one attached hydrogen (secondary N) is 1. The van der Waals surface area contributed by atoms with Gasteiger partial charge in [-0.15, -0.1) is 0 Å². The molecule has 0 aromatic carbocycles. The van der Waals surface area contributed by atoms with Crippen molar-refractivity contribution < 1.29 is 13.9 Å². The Morgan fingerprint density at radius 1 is 1.40 bits per heavy atom. The zero-order chi connectivity index (χ0) is 14.3. The molecule has 1 amide bonds. The zero-order valence-corrected chi connectivity index (χ0v) is 11.9. The first-order valence-electron chi connectivity index (χ1n) is 7.22. The Balaban J connectivity index is 1.82. The van der Waals surface area contributed by atoms with Gasteiger partial charge in [-0.25, -0.2) is 4.39 Å². The predicted molar refractivity (Wildman–Crippen MR) is 71.3 cm³/mol. The number of aromatic amines is 1. The van der Waals surface area contributed by atoms with Gasteiger partial charge in [-0.1, -0.05) is 0 Å². The van der Waals surface area contributed by atoms with Crippen LogP contribution in [0.5, 0.6) is 0 Å². The van der Waals surface area contributed by atoms with Gasteiger partial charge in [0.1, 0.15) is 6.17 Å². The van der Waals surface area contributed by atoms with Gasteiger partial charge in [0.15, 0.2) is 5.69 Å². The molecule has 1 saturated heterocycles. The number of hydrogen-bond acceptors (Lipinski definition) is 3. The summed E-state index contributed by atoms with van der Waals surface area (Å²) in [6, 6.07) is 0. The minimum absolute atomic E-state index is 0.0700. The number of halogens is 1. The lowest BCUT2D eigenvalue weighted by atomic mass is 9.99. The molecule has 3 rings (SSSR count). The van der Waals surface area contributed by atoms with Crippen LogP contribution in [0.15, 0.2) is 0 Å². The maximum atomic E-state index is 13.2. The van der Waals surface area contributed by atoms with E-state index in [0.29, 0.717) is 38.0 Å². The molecule has 2 aliphatic rings. The van der Waals surface area contributed by atoms with Crippen molar-refractivity contribution in [1.29, 1.82) is 0 Å². The van der Waals surface area contributed by atoms with Crippen molar-refractivity contribution in [3.05, 3.63) is 17.0 Å². The molecule has 3 heterocycles. The van der Waals surface area contributed by atoms with E-state index in [0.717, 1.165) is 11.3 Å². The van der Waals surface area contributed by atoms with Crippen LogP contribution >= 0.6 is 0 Å². The van der Waals surface area contributed by atoms with Crippen LogP contribution in [0, 0.1) is 0 Å². The molecule has 2 atom stereocenters. The molecule has 110 valence electrons. The van der Waals surface area contributed by atoms with E-state index in [-0.39, 0.29) is 18.1 Å². The van der Waals surface area contributed by atoms with E-state index in [1.54, 1.807) is 4.90 Å². The number of likely N-dealkylation sites (tertiary alicyclic amines) is 1. The van der Waals surface area contributed by atoms with Crippen molar-refractivity contribution in [2.75, 3.05) is 13.1 Å². The Kier molecular flexibility index (Phi) is 3.50. The Hall–Kier alpha value is -1.43. The molecule has 0 bridgehead atoms. The van der Waals surface area contributed by atoms with E-state index < -0.39 is 6.17 Å². The van der Waals surface area contributed by atoms with Crippen molar-refractivity contribution in [2.24, 2.45) is 0 Å². The normalized spacial score (nSPS) is 27.4. The third kappa shape index (κ3) is 2.32. The molecule has 1 aromatic heterocycles. The van der Waals surface area contributed by atoms with Crippen LogP contribution < -0.4 is 0 Å². The summed E-state index contributed by atoms with van der Waals surface area (Å²) in [7, 11) is 0. The Morgan fingerprint density at radius 3 is 2.80 bits per heavy atom. The van der Waals surface area contributed by atoms with E-state index in [4.69, 9.17) is 4.74 Å². The Morgan fingerprint density at radius 2 is 2.10 bits per heavy atom. The number of piperidine rings is 1. The molecule has 0 spiro atoms. The molecular formula is C14H20FN3O2. The average molecular weight is 281 g/mol. The molecule has 1 N–H and O–H groups in total. The van der Waals surface area contributed by atoms with E-state index in [9.17, 15) is 9.18 Å². The summed E-state index contributed by atoms with van der Waals surface area (Å²) in [5, 5.41) is 7.12. The summed E-state index contributed by atoms with van der Waals surface area (Å²) in [6.07, 6.45) is 0.775. The Labute approximate surface area is 117 Å². The van der Waals surface area contributed by atoms with Crippen molar-refractivity contribution >= 4 is 5.91 Å². The molecule has 0 aliphatic carbocycles. The van der Waals surface area contributed by atoms with Crippen LogP contribution in [0.4, 0.5) is 4.39 Å². The maximum absolute atomic E-state index is 13.2. The van der Waals surface area contributed by atoms with Gasteiger partial charge in [0.05, 0.1) is 17.9 Å². The first kappa shape index (κ1) is 13.5. The lowest BCUT2D eigenvalue weighted by molar-refractivity contribution is -0.00703. The van der Waals surface area contributed by atoms with Crippen molar-refractivity contribution in [2.45, 2.75) is 51.5 Å². The second-order valence-corrected chi connectivity index (χ2v) is 5.72. The van der Waals surface area contributed by atoms with Gasteiger partial charge < -0.3 is 9.64 Å². The van der Waals surface area contributed by atoms with Gasteiger partial charge in [0.25, 0.3) is 5.91 Å². The highest BCUT2D eigenvalue weighted by Crippen LogP contribution is 2.31. The fourth-order valence-corrected chi connectivity index (χ4v) is 3.05. The lowest BCUT2D eigenvalue weighted by Crippen LogP contribution is -2.39. The van der Waals surface area contributed by atoms with Crippen molar-refractivity contribution in [3.8, 4) is 0 Å². The van der Waals surface area contributed by atoms with Gasteiger partial charge in [-0.05, 0) is 26.7 Å². The smallest absolute Gasteiger partial charge is 0.274 e. The molecule has 6 heteroatoms. The van der Waals surface area contributed by atoms with Crippen molar-refractivity contribution in [3.63, 3.8) is 0 Å². The lowest BCUT2D eigenvalue weighted by Gasteiger charge is -2.29. The number of hydrogen-bond donors (Lipinski definition) is 1.